The molecule has 5 heteroatoms. The maximum absolute atomic E-state index is 13.1. The van der Waals surface area contributed by atoms with Crippen molar-refractivity contribution in [1.29, 1.82) is 0 Å². The quantitative estimate of drug-likeness (QED) is 0.595. The van der Waals surface area contributed by atoms with Gasteiger partial charge in [-0.2, -0.15) is 0 Å². The van der Waals surface area contributed by atoms with Gasteiger partial charge < -0.3 is 0 Å². The van der Waals surface area contributed by atoms with Gasteiger partial charge in [-0.3, -0.25) is 4.79 Å². The van der Waals surface area contributed by atoms with Gasteiger partial charge in [0.25, 0.3) is 0 Å². The second kappa shape index (κ2) is 4.57. The summed E-state index contributed by atoms with van der Waals surface area (Å²) >= 11 is 1.25. The molecule has 0 spiro atoms. The van der Waals surface area contributed by atoms with Gasteiger partial charge in [0.05, 0.1) is 4.88 Å². The smallest absolute Gasteiger partial charge is 0.203 e. The summed E-state index contributed by atoms with van der Waals surface area (Å²) in [4.78, 5) is 13.4. The Labute approximate surface area is 106 Å². The first-order valence-electron chi connectivity index (χ1n) is 5.16. The van der Waals surface area contributed by atoms with E-state index in [1.165, 1.54) is 11.3 Å². The molecule has 0 amide bonds. The number of halogens is 3. The molecule has 18 heavy (non-hydrogen) atoms. The molecule has 0 aliphatic heterocycles. The Hall–Kier alpha value is -1.62. The van der Waals surface area contributed by atoms with Crippen LogP contribution >= 0.6 is 11.3 Å². The fourth-order valence-corrected chi connectivity index (χ4v) is 2.67. The summed E-state index contributed by atoms with van der Waals surface area (Å²) in [6.07, 6.45) is 0. The predicted molar refractivity (Wildman–Crippen MR) is 63.5 cm³/mol. The average molecular weight is 270 g/mol. The average Bonchev–Trinajstić information content (AvgIpc) is 2.63. The molecule has 0 N–H and O–H groups in total. The van der Waals surface area contributed by atoms with Crippen LogP contribution in [-0.4, -0.2) is 5.78 Å². The highest BCUT2D eigenvalue weighted by Crippen LogP contribution is 2.25. The molecule has 0 radical (unpaired) electrons. The number of aryl methyl sites for hydroxylation is 2. The van der Waals surface area contributed by atoms with Crippen LogP contribution < -0.4 is 0 Å². The lowest BCUT2D eigenvalue weighted by Crippen LogP contribution is -2.04. The monoisotopic (exact) mass is 270 g/mol. The zero-order chi connectivity index (χ0) is 13.4. The minimum Gasteiger partial charge on any atom is -0.288 e. The third-order valence-corrected chi connectivity index (χ3v) is 3.64. The highest BCUT2D eigenvalue weighted by molar-refractivity contribution is 7.14. The molecule has 1 heterocycles. The van der Waals surface area contributed by atoms with Crippen molar-refractivity contribution >= 4 is 17.1 Å². The van der Waals surface area contributed by atoms with Crippen LogP contribution in [0.2, 0.25) is 0 Å². The number of hydrogen-bond donors (Lipinski definition) is 0. The Kier molecular flexibility index (Phi) is 3.26. The van der Waals surface area contributed by atoms with Crippen molar-refractivity contribution in [1.82, 2.24) is 0 Å². The topological polar surface area (TPSA) is 17.1 Å². The molecular formula is C13H9F3OS. The molecule has 2 rings (SSSR count). The van der Waals surface area contributed by atoms with E-state index in [2.05, 4.69) is 0 Å². The fraction of sp³-hybridized carbons (Fsp3) is 0.154. The molecule has 0 atom stereocenters. The molecule has 0 aliphatic rings. The van der Waals surface area contributed by atoms with Crippen LogP contribution in [0.5, 0.6) is 0 Å². The van der Waals surface area contributed by atoms with Crippen molar-refractivity contribution in [3.8, 4) is 0 Å². The number of carbonyl (C=O) groups excluding carboxylic acids is 1. The standard InChI is InChI=1S/C13H9F3OS/c1-6-3-7(2)18-13(6)12(17)8-4-9(14)11(16)10(15)5-8/h3-5H,1-2H3. The number of benzene rings is 1. The molecule has 1 nitrogen and oxygen atoms in total. The lowest BCUT2D eigenvalue weighted by atomic mass is 10.1. The predicted octanol–water partition coefficient (Wildman–Crippen LogP) is 4.01. The molecular weight excluding hydrogens is 261 g/mol. The summed E-state index contributed by atoms with van der Waals surface area (Å²) in [6.45, 7) is 3.58. The molecule has 2 aromatic rings. The summed E-state index contributed by atoms with van der Waals surface area (Å²) in [6, 6.07) is 3.25. The van der Waals surface area contributed by atoms with Gasteiger partial charge in [-0.1, -0.05) is 0 Å². The fourth-order valence-electron chi connectivity index (χ4n) is 1.68. The van der Waals surface area contributed by atoms with E-state index in [-0.39, 0.29) is 5.56 Å². The lowest BCUT2D eigenvalue weighted by molar-refractivity contribution is 0.104. The summed E-state index contributed by atoms with van der Waals surface area (Å²) in [5.41, 5.74) is 0.559. The zero-order valence-electron chi connectivity index (χ0n) is 9.68. The van der Waals surface area contributed by atoms with Crippen molar-refractivity contribution in [2.45, 2.75) is 13.8 Å². The first-order valence-corrected chi connectivity index (χ1v) is 5.98. The number of thiophene rings is 1. The van der Waals surface area contributed by atoms with Gasteiger partial charge in [-0.05, 0) is 37.6 Å². The van der Waals surface area contributed by atoms with E-state index >= 15 is 0 Å². The highest BCUT2D eigenvalue weighted by Gasteiger charge is 2.19. The maximum atomic E-state index is 13.1. The minimum atomic E-state index is -1.56. The summed E-state index contributed by atoms with van der Waals surface area (Å²) in [5, 5.41) is 0. The zero-order valence-corrected chi connectivity index (χ0v) is 10.5. The van der Waals surface area contributed by atoms with Crippen LogP contribution in [0.4, 0.5) is 13.2 Å². The van der Waals surface area contributed by atoms with Crippen LogP contribution in [0, 0.1) is 31.3 Å². The Morgan fingerprint density at radius 1 is 1.06 bits per heavy atom. The Bertz CT molecular complexity index is 608. The van der Waals surface area contributed by atoms with E-state index in [0.29, 0.717) is 4.88 Å². The van der Waals surface area contributed by atoms with Gasteiger partial charge in [0.2, 0.25) is 5.78 Å². The molecule has 1 aromatic heterocycles. The molecule has 0 saturated heterocycles. The third kappa shape index (κ3) is 2.18. The van der Waals surface area contributed by atoms with Crippen LogP contribution in [-0.2, 0) is 0 Å². The van der Waals surface area contributed by atoms with Crippen molar-refractivity contribution in [2.75, 3.05) is 0 Å². The van der Waals surface area contributed by atoms with Crippen molar-refractivity contribution in [2.24, 2.45) is 0 Å². The van der Waals surface area contributed by atoms with E-state index in [1.54, 1.807) is 6.92 Å². The van der Waals surface area contributed by atoms with Crippen molar-refractivity contribution < 1.29 is 18.0 Å². The van der Waals surface area contributed by atoms with E-state index in [1.807, 2.05) is 13.0 Å². The Morgan fingerprint density at radius 2 is 1.61 bits per heavy atom. The minimum absolute atomic E-state index is 0.184. The first-order chi connectivity index (χ1) is 8.40. The first kappa shape index (κ1) is 12.8. The van der Waals surface area contributed by atoms with Gasteiger partial charge in [0, 0.05) is 10.4 Å². The van der Waals surface area contributed by atoms with E-state index < -0.39 is 23.2 Å². The number of rotatable bonds is 2. The summed E-state index contributed by atoms with van der Waals surface area (Å²) in [5.74, 6) is -4.78. The van der Waals surface area contributed by atoms with E-state index in [4.69, 9.17) is 0 Å². The van der Waals surface area contributed by atoms with Crippen LogP contribution in [0.15, 0.2) is 18.2 Å². The van der Waals surface area contributed by atoms with Gasteiger partial charge in [-0.15, -0.1) is 11.3 Å². The Balaban J connectivity index is 2.50. The number of carbonyl (C=O) groups is 1. The van der Waals surface area contributed by atoms with Crippen LogP contribution in [0.1, 0.15) is 25.7 Å². The number of ketones is 1. The Morgan fingerprint density at radius 3 is 2.06 bits per heavy atom. The van der Waals surface area contributed by atoms with Crippen LogP contribution in [0.25, 0.3) is 0 Å². The SMILES string of the molecule is Cc1cc(C)c(C(=O)c2cc(F)c(F)c(F)c2)s1. The van der Waals surface area contributed by atoms with E-state index in [9.17, 15) is 18.0 Å². The second-order valence-electron chi connectivity index (χ2n) is 3.95. The third-order valence-electron chi connectivity index (χ3n) is 2.49. The molecule has 0 saturated carbocycles. The van der Waals surface area contributed by atoms with Crippen molar-refractivity contribution in [3.05, 3.63) is 56.5 Å². The summed E-state index contributed by atoms with van der Waals surface area (Å²) in [7, 11) is 0. The van der Waals surface area contributed by atoms with Gasteiger partial charge in [-0.25, -0.2) is 13.2 Å². The van der Waals surface area contributed by atoms with Gasteiger partial charge in [0.1, 0.15) is 0 Å². The lowest BCUT2D eigenvalue weighted by Gasteiger charge is -2.02. The molecule has 0 bridgehead atoms. The van der Waals surface area contributed by atoms with Crippen LogP contribution in [0.3, 0.4) is 0 Å². The van der Waals surface area contributed by atoms with Crippen molar-refractivity contribution in [3.63, 3.8) is 0 Å². The molecule has 0 aliphatic carbocycles. The maximum Gasteiger partial charge on any atom is 0.203 e. The molecule has 1 aromatic carbocycles. The summed E-state index contributed by atoms with van der Waals surface area (Å²) < 4.78 is 38.9. The number of hydrogen-bond acceptors (Lipinski definition) is 2. The molecule has 94 valence electrons. The molecule has 0 unspecified atom stereocenters. The van der Waals surface area contributed by atoms with Gasteiger partial charge in [0.15, 0.2) is 17.5 Å². The van der Waals surface area contributed by atoms with Gasteiger partial charge >= 0.3 is 0 Å². The normalized spacial score (nSPS) is 10.7. The largest absolute Gasteiger partial charge is 0.288 e. The highest BCUT2D eigenvalue weighted by atomic mass is 32.1. The molecule has 0 fully saturated rings. The second-order valence-corrected chi connectivity index (χ2v) is 5.21. The van der Waals surface area contributed by atoms with E-state index in [0.717, 1.165) is 22.6 Å².